The lowest BCUT2D eigenvalue weighted by Gasteiger charge is -2.24. The average Bonchev–Trinajstić information content (AvgIpc) is 3.23. The molecule has 0 bridgehead atoms. The van der Waals surface area contributed by atoms with Crippen molar-refractivity contribution in [1.29, 1.82) is 0 Å². The summed E-state index contributed by atoms with van der Waals surface area (Å²) in [6, 6.07) is 13.2. The first-order chi connectivity index (χ1) is 12.6. The molecule has 8 heteroatoms. The number of methoxy groups -OCH3 is 1. The van der Waals surface area contributed by atoms with Gasteiger partial charge in [-0.25, -0.2) is 10.9 Å². The fraction of sp³-hybridized carbons (Fsp3) is 0.278. The number of nitro groups is 1. The maximum Gasteiger partial charge on any atom is 0.269 e. The van der Waals surface area contributed by atoms with Gasteiger partial charge in [0.05, 0.1) is 24.1 Å². The second-order valence-electron chi connectivity index (χ2n) is 6.43. The predicted molar refractivity (Wildman–Crippen MR) is 93.3 cm³/mol. The zero-order chi connectivity index (χ0) is 18.3. The smallest absolute Gasteiger partial charge is 0.269 e. The van der Waals surface area contributed by atoms with Crippen LogP contribution in [-0.4, -0.2) is 24.0 Å². The lowest BCUT2D eigenvalue weighted by atomic mass is 9.83. The first kappa shape index (κ1) is 16.5. The number of carbonyl (C=O) groups excluding carboxylic acids is 1. The SMILES string of the molecule is COc1ccc(C2NNC3C(=O)NC(c4cccc([N+](=O)[O-])c4)C32)cc1. The second-order valence-corrected chi connectivity index (χ2v) is 6.43. The standard InChI is InChI=1S/C18H18N4O4/c1-26-13-7-5-10(6-8-13)16-14-15(19-18(23)17(14)21-20-16)11-3-2-4-12(9-11)22(24)25/h2-9,14-17,20-21H,1H3,(H,19,23). The van der Waals surface area contributed by atoms with Gasteiger partial charge in [0, 0.05) is 18.1 Å². The van der Waals surface area contributed by atoms with Crippen LogP contribution in [-0.2, 0) is 4.79 Å². The number of rotatable bonds is 4. The van der Waals surface area contributed by atoms with Gasteiger partial charge >= 0.3 is 0 Å². The minimum absolute atomic E-state index is 0.0140. The Kier molecular flexibility index (Phi) is 4.06. The minimum Gasteiger partial charge on any atom is -0.497 e. The zero-order valence-electron chi connectivity index (χ0n) is 14.0. The van der Waals surface area contributed by atoms with Crippen LogP contribution in [0.2, 0.25) is 0 Å². The number of non-ortho nitro benzene ring substituents is 1. The lowest BCUT2D eigenvalue weighted by Crippen LogP contribution is -2.39. The highest BCUT2D eigenvalue weighted by atomic mass is 16.6. The minimum atomic E-state index is -0.427. The average molecular weight is 354 g/mol. The fourth-order valence-electron chi connectivity index (χ4n) is 3.78. The van der Waals surface area contributed by atoms with Gasteiger partial charge in [-0.05, 0) is 23.3 Å². The van der Waals surface area contributed by atoms with Gasteiger partial charge in [0.1, 0.15) is 11.8 Å². The van der Waals surface area contributed by atoms with E-state index in [1.807, 2.05) is 30.3 Å². The molecule has 26 heavy (non-hydrogen) atoms. The number of carbonyl (C=O) groups is 1. The Morgan fingerprint density at radius 3 is 2.42 bits per heavy atom. The van der Waals surface area contributed by atoms with E-state index in [0.717, 1.165) is 16.9 Å². The summed E-state index contributed by atoms with van der Waals surface area (Å²) in [6.07, 6.45) is 0. The Hall–Kier alpha value is -2.97. The van der Waals surface area contributed by atoms with Crippen molar-refractivity contribution in [1.82, 2.24) is 16.2 Å². The topological polar surface area (TPSA) is 106 Å². The highest BCUT2D eigenvalue weighted by molar-refractivity contribution is 5.86. The van der Waals surface area contributed by atoms with E-state index in [4.69, 9.17) is 4.74 Å². The maximum atomic E-state index is 12.4. The number of nitrogens with zero attached hydrogens (tertiary/aromatic N) is 1. The maximum absolute atomic E-state index is 12.4. The molecule has 2 fully saturated rings. The molecule has 134 valence electrons. The van der Waals surface area contributed by atoms with Crippen LogP contribution >= 0.6 is 0 Å². The fourth-order valence-corrected chi connectivity index (χ4v) is 3.78. The Balaban J connectivity index is 1.68. The van der Waals surface area contributed by atoms with Crippen LogP contribution in [0, 0.1) is 16.0 Å². The number of hydrazine groups is 1. The summed E-state index contributed by atoms with van der Waals surface area (Å²) in [7, 11) is 1.61. The van der Waals surface area contributed by atoms with Crippen molar-refractivity contribution >= 4 is 11.6 Å². The van der Waals surface area contributed by atoms with Crippen LogP contribution in [0.4, 0.5) is 5.69 Å². The third-order valence-electron chi connectivity index (χ3n) is 5.04. The highest BCUT2D eigenvalue weighted by Gasteiger charge is 2.51. The van der Waals surface area contributed by atoms with Crippen LogP contribution in [0.1, 0.15) is 23.2 Å². The first-order valence-corrected chi connectivity index (χ1v) is 8.28. The largest absolute Gasteiger partial charge is 0.497 e. The third kappa shape index (κ3) is 2.69. The van der Waals surface area contributed by atoms with E-state index < -0.39 is 11.0 Å². The number of amides is 1. The molecule has 2 saturated heterocycles. The van der Waals surface area contributed by atoms with Gasteiger partial charge in [-0.3, -0.25) is 14.9 Å². The lowest BCUT2D eigenvalue weighted by molar-refractivity contribution is -0.384. The molecule has 0 aliphatic carbocycles. The second kappa shape index (κ2) is 6.40. The highest BCUT2D eigenvalue weighted by Crippen LogP contribution is 2.42. The molecule has 4 unspecified atom stereocenters. The molecule has 3 N–H and O–H groups in total. The van der Waals surface area contributed by atoms with Gasteiger partial charge in [0.25, 0.3) is 5.69 Å². The van der Waals surface area contributed by atoms with Crippen molar-refractivity contribution in [2.75, 3.05) is 7.11 Å². The van der Waals surface area contributed by atoms with Gasteiger partial charge < -0.3 is 10.1 Å². The molecule has 2 aliphatic rings. The Bertz CT molecular complexity index is 855. The summed E-state index contributed by atoms with van der Waals surface area (Å²) < 4.78 is 5.20. The molecule has 8 nitrogen and oxygen atoms in total. The summed E-state index contributed by atoms with van der Waals surface area (Å²) in [5.74, 6) is 0.528. The van der Waals surface area contributed by atoms with Crippen LogP contribution in [0.3, 0.4) is 0 Å². The molecule has 0 aromatic heterocycles. The summed E-state index contributed by atoms with van der Waals surface area (Å²) in [6.45, 7) is 0. The Morgan fingerprint density at radius 2 is 1.73 bits per heavy atom. The third-order valence-corrected chi connectivity index (χ3v) is 5.04. The molecule has 4 rings (SSSR count). The predicted octanol–water partition coefficient (Wildman–Crippen LogP) is 1.61. The van der Waals surface area contributed by atoms with E-state index in [1.165, 1.54) is 12.1 Å². The van der Waals surface area contributed by atoms with Crippen LogP contribution < -0.4 is 20.9 Å². The van der Waals surface area contributed by atoms with Crippen molar-refractivity contribution in [3.63, 3.8) is 0 Å². The molecule has 0 saturated carbocycles. The van der Waals surface area contributed by atoms with Gasteiger partial charge in [0.15, 0.2) is 0 Å². The Labute approximate surface area is 149 Å². The van der Waals surface area contributed by atoms with Crippen molar-refractivity contribution < 1.29 is 14.5 Å². The number of hydrogen-bond donors (Lipinski definition) is 3. The molecule has 0 radical (unpaired) electrons. The van der Waals surface area contributed by atoms with E-state index in [9.17, 15) is 14.9 Å². The Morgan fingerprint density at radius 1 is 1.00 bits per heavy atom. The van der Waals surface area contributed by atoms with Crippen LogP contribution in [0.5, 0.6) is 5.75 Å². The zero-order valence-corrected chi connectivity index (χ0v) is 14.0. The number of ether oxygens (including phenoxy) is 1. The van der Waals surface area contributed by atoms with E-state index in [-0.39, 0.29) is 29.6 Å². The quantitative estimate of drug-likeness (QED) is 0.569. The molecular formula is C18H18N4O4. The number of benzene rings is 2. The molecule has 2 aliphatic heterocycles. The molecule has 2 aromatic rings. The number of nitro benzene ring substituents is 1. The van der Waals surface area contributed by atoms with Crippen molar-refractivity contribution in [3.05, 3.63) is 69.8 Å². The monoisotopic (exact) mass is 354 g/mol. The molecule has 4 atom stereocenters. The molecule has 0 spiro atoms. The molecule has 2 aromatic carbocycles. The van der Waals surface area contributed by atoms with E-state index in [0.29, 0.717) is 0 Å². The van der Waals surface area contributed by atoms with Crippen LogP contribution in [0.25, 0.3) is 0 Å². The number of fused-ring (bicyclic) bond motifs is 1. The summed E-state index contributed by atoms with van der Waals surface area (Å²) in [4.78, 5) is 23.0. The first-order valence-electron chi connectivity index (χ1n) is 8.28. The van der Waals surface area contributed by atoms with Gasteiger partial charge in [0.2, 0.25) is 5.91 Å². The van der Waals surface area contributed by atoms with Crippen LogP contribution in [0.15, 0.2) is 48.5 Å². The van der Waals surface area contributed by atoms with E-state index >= 15 is 0 Å². The van der Waals surface area contributed by atoms with E-state index in [1.54, 1.807) is 13.2 Å². The normalized spacial score (nSPS) is 27.0. The van der Waals surface area contributed by atoms with Gasteiger partial charge in [-0.2, -0.15) is 0 Å². The molecular weight excluding hydrogens is 336 g/mol. The molecule has 2 heterocycles. The van der Waals surface area contributed by atoms with E-state index in [2.05, 4.69) is 16.2 Å². The molecule has 1 amide bonds. The summed E-state index contributed by atoms with van der Waals surface area (Å²) in [5.41, 5.74) is 8.00. The summed E-state index contributed by atoms with van der Waals surface area (Å²) in [5, 5.41) is 14.1. The van der Waals surface area contributed by atoms with Crippen molar-refractivity contribution in [3.8, 4) is 5.75 Å². The van der Waals surface area contributed by atoms with Crippen molar-refractivity contribution in [2.24, 2.45) is 5.92 Å². The van der Waals surface area contributed by atoms with Gasteiger partial charge in [-0.1, -0.05) is 24.3 Å². The van der Waals surface area contributed by atoms with Crippen molar-refractivity contribution in [2.45, 2.75) is 18.1 Å². The summed E-state index contributed by atoms with van der Waals surface area (Å²) >= 11 is 0. The number of nitrogens with one attached hydrogen (secondary N) is 3. The number of hydrogen-bond acceptors (Lipinski definition) is 6. The van der Waals surface area contributed by atoms with Gasteiger partial charge in [-0.15, -0.1) is 0 Å².